The Morgan fingerprint density at radius 3 is 2.66 bits per heavy atom. The summed E-state index contributed by atoms with van der Waals surface area (Å²) < 4.78 is 10.6. The van der Waals surface area contributed by atoms with Crippen molar-refractivity contribution in [2.45, 2.75) is 32.1 Å². The van der Waals surface area contributed by atoms with E-state index >= 15 is 0 Å². The van der Waals surface area contributed by atoms with E-state index in [1.54, 1.807) is 31.4 Å². The Morgan fingerprint density at radius 1 is 1.17 bits per heavy atom. The number of methoxy groups -OCH3 is 2. The zero-order chi connectivity index (χ0) is 20.8. The van der Waals surface area contributed by atoms with Gasteiger partial charge in [0.15, 0.2) is 5.17 Å². The minimum Gasteiger partial charge on any atom is -0.497 e. The average Bonchev–Trinajstić information content (AvgIpc) is 3.04. The second-order valence-electron chi connectivity index (χ2n) is 6.60. The summed E-state index contributed by atoms with van der Waals surface area (Å²) in [5, 5.41) is 9.09. The normalized spacial score (nSPS) is 18.1. The first kappa shape index (κ1) is 20.9. The minimum atomic E-state index is -0.122. The lowest BCUT2D eigenvalue weighted by molar-refractivity contribution is -0.126. The van der Waals surface area contributed by atoms with Crippen LogP contribution < -0.4 is 9.47 Å². The van der Waals surface area contributed by atoms with Crippen molar-refractivity contribution in [2.75, 3.05) is 14.2 Å². The fourth-order valence-corrected chi connectivity index (χ4v) is 4.04. The molecule has 1 amide bonds. The molecule has 0 spiro atoms. The van der Waals surface area contributed by atoms with E-state index in [0.717, 1.165) is 23.1 Å². The van der Waals surface area contributed by atoms with Crippen LogP contribution in [0, 0.1) is 6.92 Å². The van der Waals surface area contributed by atoms with Crippen LogP contribution in [0.2, 0.25) is 0 Å². The van der Waals surface area contributed by atoms with Gasteiger partial charge in [-0.05, 0) is 36.6 Å². The molecule has 0 radical (unpaired) electrons. The highest BCUT2D eigenvalue weighted by Gasteiger charge is 2.37. The van der Waals surface area contributed by atoms with Crippen LogP contribution in [0.25, 0.3) is 0 Å². The molecule has 1 aliphatic rings. The highest BCUT2D eigenvalue weighted by molar-refractivity contribution is 8.15. The summed E-state index contributed by atoms with van der Waals surface area (Å²) in [6.45, 7) is 4.55. The van der Waals surface area contributed by atoms with E-state index in [1.807, 2.05) is 50.2 Å². The highest BCUT2D eigenvalue weighted by atomic mass is 32.2. The van der Waals surface area contributed by atoms with Crippen molar-refractivity contribution in [1.82, 2.24) is 4.90 Å². The molecule has 1 heterocycles. The number of aryl methyl sites for hydroxylation is 1. The molecule has 0 bridgehead atoms. The lowest BCUT2D eigenvalue weighted by atomic mass is 10.1. The van der Waals surface area contributed by atoms with Gasteiger partial charge in [-0.25, -0.2) is 0 Å². The fourth-order valence-electron chi connectivity index (χ4n) is 3.01. The van der Waals surface area contributed by atoms with E-state index in [9.17, 15) is 4.79 Å². The van der Waals surface area contributed by atoms with Crippen LogP contribution in [0.1, 0.15) is 30.0 Å². The van der Waals surface area contributed by atoms with E-state index in [1.165, 1.54) is 11.8 Å². The Hall–Kier alpha value is -2.80. The molecule has 2 aromatic carbocycles. The van der Waals surface area contributed by atoms with Crippen LogP contribution in [-0.4, -0.2) is 41.7 Å². The molecule has 1 aliphatic heterocycles. The Morgan fingerprint density at radius 2 is 1.97 bits per heavy atom. The lowest BCUT2D eigenvalue weighted by Crippen LogP contribution is -2.31. The smallest absolute Gasteiger partial charge is 0.242 e. The molecule has 0 unspecified atom stereocenters. The van der Waals surface area contributed by atoms with Crippen LogP contribution >= 0.6 is 11.8 Å². The van der Waals surface area contributed by atoms with Crippen molar-refractivity contribution in [3.63, 3.8) is 0 Å². The summed E-state index contributed by atoms with van der Waals surface area (Å²) in [6.07, 6.45) is 2.38. The fraction of sp³-hybridized carbons (Fsp3) is 0.318. The third-order valence-electron chi connectivity index (χ3n) is 4.76. The number of hydrogen-bond acceptors (Lipinski definition) is 6. The molecule has 1 fully saturated rings. The van der Waals surface area contributed by atoms with Gasteiger partial charge in [-0.1, -0.05) is 43.0 Å². The topological polar surface area (TPSA) is 63.5 Å². The lowest BCUT2D eigenvalue weighted by Gasteiger charge is -2.17. The molecule has 7 heteroatoms. The Balaban J connectivity index is 1.84. The maximum Gasteiger partial charge on any atom is 0.242 e. The number of nitrogens with zero attached hydrogens (tertiary/aromatic N) is 3. The van der Waals surface area contributed by atoms with E-state index in [0.29, 0.717) is 23.2 Å². The van der Waals surface area contributed by atoms with Gasteiger partial charge in [-0.15, -0.1) is 5.10 Å². The first-order valence-corrected chi connectivity index (χ1v) is 10.3. The van der Waals surface area contributed by atoms with Crippen molar-refractivity contribution < 1.29 is 14.3 Å². The molecule has 0 aliphatic carbocycles. The Labute approximate surface area is 175 Å². The Kier molecular flexibility index (Phi) is 6.93. The molecule has 1 atom stereocenters. The molecule has 29 heavy (non-hydrogen) atoms. The molecule has 0 aromatic heterocycles. The van der Waals surface area contributed by atoms with Crippen LogP contribution in [0.4, 0.5) is 0 Å². The Bertz CT molecular complexity index is 943. The maximum absolute atomic E-state index is 12.8. The second-order valence-corrected chi connectivity index (χ2v) is 7.77. The number of benzene rings is 2. The van der Waals surface area contributed by atoms with Crippen molar-refractivity contribution in [3.05, 3.63) is 59.2 Å². The van der Waals surface area contributed by atoms with Crippen molar-refractivity contribution in [2.24, 2.45) is 10.2 Å². The molecular weight excluding hydrogens is 386 g/mol. The second kappa shape index (κ2) is 9.60. The molecular formula is C22H25N3O3S. The van der Waals surface area contributed by atoms with Crippen molar-refractivity contribution in [3.8, 4) is 11.5 Å². The molecule has 6 nitrogen and oxygen atoms in total. The van der Waals surface area contributed by atoms with Gasteiger partial charge in [-0.2, -0.15) is 5.10 Å². The molecule has 1 saturated heterocycles. The summed E-state index contributed by atoms with van der Waals surface area (Å²) in [5.41, 5.74) is 3.03. The van der Waals surface area contributed by atoms with E-state index in [2.05, 4.69) is 10.2 Å². The van der Waals surface area contributed by atoms with E-state index in [4.69, 9.17) is 9.47 Å². The zero-order valence-corrected chi connectivity index (χ0v) is 17.9. The van der Waals surface area contributed by atoms with Gasteiger partial charge in [-0.3, -0.25) is 9.69 Å². The molecule has 0 saturated carbocycles. The number of hydrogen-bond donors (Lipinski definition) is 0. The van der Waals surface area contributed by atoms with Crippen LogP contribution in [-0.2, 0) is 11.3 Å². The van der Waals surface area contributed by atoms with Gasteiger partial charge in [0.25, 0.3) is 0 Å². The zero-order valence-electron chi connectivity index (χ0n) is 17.1. The van der Waals surface area contributed by atoms with Gasteiger partial charge < -0.3 is 9.47 Å². The molecule has 152 valence electrons. The third-order valence-corrected chi connectivity index (χ3v) is 6.09. The summed E-state index contributed by atoms with van der Waals surface area (Å²) in [4.78, 5) is 14.5. The first-order valence-electron chi connectivity index (χ1n) is 9.43. The van der Waals surface area contributed by atoms with Crippen LogP contribution in [0.3, 0.4) is 0 Å². The van der Waals surface area contributed by atoms with Crippen molar-refractivity contribution in [1.29, 1.82) is 0 Å². The van der Waals surface area contributed by atoms with E-state index < -0.39 is 0 Å². The number of amides is 1. The number of carbonyl (C=O) groups excluding carboxylic acids is 1. The van der Waals surface area contributed by atoms with Crippen molar-refractivity contribution >= 4 is 29.1 Å². The largest absolute Gasteiger partial charge is 0.497 e. The monoisotopic (exact) mass is 411 g/mol. The number of ether oxygens (including phenoxy) is 2. The van der Waals surface area contributed by atoms with E-state index in [-0.39, 0.29) is 11.2 Å². The average molecular weight is 412 g/mol. The summed E-state index contributed by atoms with van der Waals surface area (Å²) >= 11 is 1.46. The molecule has 0 N–H and O–H groups in total. The van der Waals surface area contributed by atoms with Crippen LogP contribution in [0.15, 0.2) is 52.7 Å². The summed E-state index contributed by atoms with van der Waals surface area (Å²) in [6, 6.07) is 13.5. The predicted molar refractivity (Wildman–Crippen MR) is 118 cm³/mol. The standard InChI is InChI=1S/C22H25N3O3S/c1-5-20-21(26)25(14-17-9-7-6-8-15(17)2)22(29-20)24-23-13-16-10-11-18(27-3)12-19(16)28-4/h6-13,20H,5,14H2,1-4H3/b23-13-,24-22+/t20-/m0/s1. The SMILES string of the molecule is CC[C@@H]1S/C(=N/N=C\c2ccc(OC)cc2OC)N(Cc2ccccc2C)C1=O. The number of carbonyl (C=O) groups is 1. The predicted octanol–water partition coefficient (Wildman–Crippen LogP) is 4.26. The van der Waals surface area contributed by atoms with Gasteiger partial charge in [0, 0.05) is 11.6 Å². The van der Waals surface area contributed by atoms with Gasteiger partial charge in [0.05, 0.1) is 32.2 Å². The quantitative estimate of drug-likeness (QED) is 0.505. The van der Waals surface area contributed by atoms with Gasteiger partial charge in [0.1, 0.15) is 11.5 Å². The van der Waals surface area contributed by atoms with Crippen LogP contribution in [0.5, 0.6) is 11.5 Å². The summed E-state index contributed by atoms with van der Waals surface area (Å²) in [5.74, 6) is 1.43. The number of amidine groups is 1. The maximum atomic E-state index is 12.8. The first-order chi connectivity index (χ1) is 14.1. The molecule has 3 rings (SSSR count). The minimum absolute atomic E-state index is 0.0803. The number of thioether (sulfide) groups is 1. The number of rotatable bonds is 7. The molecule has 2 aromatic rings. The highest BCUT2D eigenvalue weighted by Crippen LogP contribution is 2.31. The van der Waals surface area contributed by atoms with Gasteiger partial charge >= 0.3 is 0 Å². The third kappa shape index (κ3) is 4.79. The summed E-state index contributed by atoms with van der Waals surface area (Å²) in [7, 11) is 3.20. The van der Waals surface area contributed by atoms with Gasteiger partial charge in [0.2, 0.25) is 5.91 Å².